The van der Waals surface area contributed by atoms with Gasteiger partial charge in [-0.1, -0.05) is 39.8 Å². The topological polar surface area (TPSA) is 3.24 Å². The lowest BCUT2D eigenvalue weighted by atomic mass is 9.88. The monoisotopic (exact) mass is 231 g/mol. The van der Waals surface area contributed by atoms with Gasteiger partial charge in [-0.15, -0.1) is 0 Å². The number of benzene rings is 1. The summed E-state index contributed by atoms with van der Waals surface area (Å²) in [6.07, 6.45) is 2.39. The van der Waals surface area contributed by atoms with Crippen molar-refractivity contribution in [3.8, 4) is 0 Å². The van der Waals surface area contributed by atoms with E-state index in [0.717, 1.165) is 13.0 Å². The van der Waals surface area contributed by atoms with E-state index in [9.17, 15) is 0 Å². The Hall–Kier alpha value is -0.820. The minimum Gasteiger partial charge on any atom is -0.299 e. The van der Waals surface area contributed by atoms with Crippen molar-refractivity contribution in [1.29, 1.82) is 0 Å². The van der Waals surface area contributed by atoms with Crippen LogP contribution in [-0.2, 0) is 19.4 Å². The highest BCUT2D eigenvalue weighted by molar-refractivity contribution is 5.41. The fourth-order valence-corrected chi connectivity index (χ4v) is 2.85. The minimum absolute atomic E-state index is 0.652. The van der Waals surface area contributed by atoms with Gasteiger partial charge in [0.1, 0.15) is 0 Å². The first kappa shape index (κ1) is 12.6. The van der Waals surface area contributed by atoms with Gasteiger partial charge in [0.15, 0.2) is 0 Å². The van der Waals surface area contributed by atoms with Crippen LogP contribution in [0.2, 0.25) is 0 Å². The molecule has 1 aromatic rings. The molecule has 0 N–H and O–H groups in total. The van der Waals surface area contributed by atoms with Crippen LogP contribution in [0, 0.1) is 0 Å². The van der Waals surface area contributed by atoms with Crippen LogP contribution in [0.3, 0.4) is 0 Å². The van der Waals surface area contributed by atoms with E-state index >= 15 is 0 Å². The Morgan fingerprint density at radius 2 is 1.94 bits per heavy atom. The second-order valence-electron chi connectivity index (χ2n) is 5.45. The molecule has 1 aliphatic heterocycles. The van der Waals surface area contributed by atoms with E-state index in [4.69, 9.17) is 0 Å². The van der Waals surface area contributed by atoms with Gasteiger partial charge in [0, 0.05) is 13.1 Å². The molecule has 1 nitrogen and oxygen atoms in total. The van der Waals surface area contributed by atoms with Crippen molar-refractivity contribution in [3.05, 3.63) is 34.4 Å². The maximum Gasteiger partial charge on any atom is 0.0236 e. The summed E-state index contributed by atoms with van der Waals surface area (Å²) in [7, 11) is 0. The summed E-state index contributed by atoms with van der Waals surface area (Å²) in [6.45, 7) is 12.7. The zero-order valence-electron chi connectivity index (χ0n) is 11.7. The molecule has 0 atom stereocenters. The van der Waals surface area contributed by atoms with Crippen molar-refractivity contribution < 1.29 is 0 Å². The van der Waals surface area contributed by atoms with E-state index in [1.807, 2.05) is 0 Å². The zero-order chi connectivity index (χ0) is 12.4. The van der Waals surface area contributed by atoms with Gasteiger partial charge in [0.2, 0.25) is 0 Å². The molecule has 0 unspecified atom stereocenters. The molecule has 0 saturated heterocycles. The number of likely N-dealkylation sites (N-methyl/N-ethyl adjacent to an activating group) is 1. The first-order valence-corrected chi connectivity index (χ1v) is 7.02. The Morgan fingerprint density at radius 1 is 1.18 bits per heavy atom. The summed E-state index contributed by atoms with van der Waals surface area (Å²) < 4.78 is 0. The molecule has 0 radical (unpaired) electrons. The number of hydrogen-bond donors (Lipinski definition) is 0. The van der Waals surface area contributed by atoms with Gasteiger partial charge in [0.05, 0.1) is 0 Å². The van der Waals surface area contributed by atoms with Gasteiger partial charge in [-0.05, 0) is 47.6 Å². The molecule has 0 bridgehead atoms. The van der Waals surface area contributed by atoms with Gasteiger partial charge in [-0.25, -0.2) is 0 Å². The van der Waals surface area contributed by atoms with Crippen LogP contribution in [0.1, 0.15) is 55.9 Å². The molecular formula is C16H25N. The molecule has 0 aromatic heterocycles. The van der Waals surface area contributed by atoms with Gasteiger partial charge in [0.25, 0.3) is 0 Å². The lowest BCUT2D eigenvalue weighted by Crippen LogP contribution is -2.30. The van der Waals surface area contributed by atoms with Gasteiger partial charge >= 0.3 is 0 Å². The highest BCUT2D eigenvalue weighted by Crippen LogP contribution is 2.27. The third-order valence-corrected chi connectivity index (χ3v) is 4.00. The van der Waals surface area contributed by atoms with Crippen molar-refractivity contribution in [1.82, 2.24) is 4.90 Å². The molecule has 17 heavy (non-hydrogen) atoms. The van der Waals surface area contributed by atoms with E-state index in [1.165, 1.54) is 19.5 Å². The summed E-state index contributed by atoms with van der Waals surface area (Å²) in [4.78, 5) is 2.54. The summed E-state index contributed by atoms with van der Waals surface area (Å²) in [5, 5.41) is 0. The van der Waals surface area contributed by atoms with E-state index < -0.39 is 0 Å². The first-order valence-electron chi connectivity index (χ1n) is 7.02. The fourth-order valence-electron chi connectivity index (χ4n) is 2.85. The zero-order valence-corrected chi connectivity index (χ0v) is 11.7. The Labute approximate surface area is 106 Å². The number of fused-ring (bicyclic) bond motifs is 1. The van der Waals surface area contributed by atoms with Crippen LogP contribution in [0.4, 0.5) is 0 Å². The van der Waals surface area contributed by atoms with E-state index in [-0.39, 0.29) is 0 Å². The first-order chi connectivity index (χ1) is 8.15. The van der Waals surface area contributed by atoms with E-state index in [2.05, 4.69) is 44.7 Å². The van der Waals surface area contributed by atoms with Crippen molar-refractivity contribution >= 4 is 0 Å². The molecule has 1 heterocycles. The van der Waals surface area contributed by atoms with Crippen LogP contribution in [0.15, 0.2) is 12.1 Å². The average Bonchev–Trinajstić information content (AvgIpc) is 2.36. The molecule has 1 aliphatic rings. The molecule has 1 heteroatoms. The van der Waals surface area contributed by atoms with Crippen molar-refractivity contribution in [2.75, 3.05) is 13.1 Å². The second kappa shape index (κ2) is 5.22. The lowest BCUT2D eigenvalue weighted by molar-refractivity contribution is 0.268. The Morgan fingerprint density at radius 3 is 2.53 bits per heavy atom. The van der Waals surface area contributed by atoms with Crippen LogP contribution in [-0.4, -0.2) is 18.0 Å². The molecule has 0 spiro atoms. The molecule has 0 aliphatic carbocycles. The van der Waals surface area contributed by atoms with Crippen LogP contribution in [0.5, 0.6) is 0 Å². The Balaban J connectivity index is 2.37. The van der Waals surface area contributed by atoms with Crippen molar-refractivity contribution in [2.45, 2.75) is 53.0 Å². The predicted molar refractivity (Wildman–Crippen MR) is 74.6 cm³/mol. The molecule has 0 saturated carbocycles. The molecule has 0 amide bonds. The Bertz CT molecular complexity index is 393. The highest BCUT2D eigenvalue weighted by Gasteiger charge is 2.17. The maximum absolute atomic E-state index is 2.54. The molecule has 2 rings (SSSR count). The molecule has 1 aromatic carbocycles. The van der Waals surface area contributed by atoms with Crippen LogP contribution in [0.25, 0.3) is 0 Å². The average molecular weight is 231 g/mol. The third-order valence-electron chi connectivity index (χ3n) is 4.00. The smallest absolute Gasteiger partial charge is 0.0236 e. The Kier molecular flexibility index (Phi) is 3.88. The normalized spacial score (nSPS) is 16.3. The summed E-state index contributed by atoms with van der Waals surface area (Å²) >= 11 is 0. The van der Waals surface area contributed by atoms with Crippen molar-refractivity contribution in [3.63, 3.8) is 0 Å². The van der Waals surface area contributed by atoms with Crippen LogP contribution >= 0.6 is 0 Å². The standard InChI is InChI=1S/C16H25N/c1-5-13-9-15-11-17(6-2)8-7-14(15)10-16(13)12(3)4/h9-10,12H,5-8,11H2,1-4H3. The second-order valence-corrected chi connectivity index (χ2v) is 5.45. The number of aryl methyl sites for hydroxylation is 1. The SMILES string of the molecule is CCc1cc2c(cc1C(C)C)CCN(CC)C2. The van der Waals surface area contributed by atoms with Gasteiger partial charge < -0.3 is 0 Å². The predicted octanol–water partition coefficient (Wildman–Crippen LogP) is 3.75. The summed E-state index contributed by atoms with van der Waals surface area (Å²) in [6, 6.07) is 4.94. The van der Waals surface area contributed by atoms with Gasteiger partial charge in [-0.3, -0.25) is 4.90 Å². The number of rotatable bonds is 3. The molecule has 0 fully saturated rings. The van der Waals surface area contributed by atoms with Crippen molar-refractivity contribution in [2.24, 2.45) is 0 Å². The fraction of sp³-hybridized carbons (Fsp3) is 0.625. The summed E-state index contributed by atoms with van der Waals surface area (Å²) in [5.41, 5.74) is 6.28. The third kappa shape index (κ3) is 2.55. The minimum atomic E-state index is 0.652. The highest BCUT2D eigenvalue weighted by atomic mass is 15.1. The molecule has 94 valence electrons. The maximum atomic E-state index is 2.54. The summed E-state index contributed by atoms with van der Waals surface area (Å²) in [5.74, 6) is 0.652. The quantitative estimate of drug-likeness (QED) is 0.766. The van der Waals surface area contributed by atoms with Crippen LogP contribution < -0.4 is 0 Å². The molecular weight excluding hydrogens is 206 g/mol. The lowest BCUT2D eigenvalue weighted by Gasteiger charge is -2.29. The largest absolute Gasteiger partial charge is 0.299 e. The van der Waals surface area contributed by atoms with Gasteiger partial charge in [-0.2, -0.15) is 0 Å². The van der Waals surface area contributed by atoms with E-state index in [1.54, 1.807) is 22.3 Å². The number of nitrogens with zero attached hydrogens (tertiary/aromatic N) is 1. The van der Waals surface area contributed by atoms with E-state index in [0.29, 0.717) is 5.92 Å². The number of hydrogen-bond acceptors (Lipinski definition) is 1.